The second-order valence-corrected chi connectivity index (χ2v) is 9.36. The standard InChI is InChI=1S/C14H21N3O3S.C2HF3O2/c18-21(19,11-3-4-11)17-8-5-14-12(9-17)13(15-20-14)10-16-6-1-2-7-16;3-2(4,5)1(6)7/h11H,1-10H2;(H,6,7). The number of carboxylic acids is 1. The summed E-state index contributed by atoms with van der Waals surface area (Å²) in [6.45, 7) is 3.97. The van der Waals surface area contributed by atoms with Crippen molar-refractivity contribution in [3.8, 4) is 0 Å². The number of sulfonamides is 1. The van der Waals surface area contributed by atoms with Gasteiger partial charge in [0.25, 0.3) is 0 Å². The van der Waals surface area contributed by atoms with Gasteiger partial charge in [0.15, 0.2) is 0 Å². The molecule has 3 aliphatic rings. The number of alkyl halides is 3. The number of likely N-dealkylation sites (tertiary alicyclic amines) is 1. The average Bonchev–Trinajstić information content (AvgIpc) is 3.24. The van der Waals surface area contributed by atoms with E-state index in [1.165, 1.54) is 12.8 Å². The summed E-state index contributed by atoms with van der Waals surface area (Å²) < 4.78 is 63.6. The van der Waals surface area contributed by atoms with Gasteiger partial charge in [-0.25, -0.2) is 13.2 Å². The zero-order valence-corrected chi connectivity index (χ0v) is 15.9. The highest BCUT2D eigenvalue weighted by Gasteiger charge is 2.42. The quantitative estimate of drug-likeness (QED) is 0.784. The van der Waals surface area contributed by atoms with E-state index in [1.54, 1.807) is 4.31 Å². The summed E-state index contributed by atoms with van der Waals surface area (Å²) in [7, 11) is -3.10. The number of aliphatic carboxylic acids is 1. The first-order valence-corrected chi connectivity index (χ1v) is 10.6. The molecular formula is C16H22F3N3O5S. The predicted octanol–water partition coefficient (Wildman–Crippen LogP) is 1.75. The van der Waals surface area contributed by atoms with E-state index in [1.807, 2.05) is 0 Å². The lowest BCUT2D eigenvalue weighted by molar-refractivity contribution is -0.192. The third-order valence-electron chi connectivity index (χ3n) is 4.99. The number of rotatable bonds is 4. The van der Waals surface area contributed by atoms with Gasteiger partial charge in [-0.3, -0.25) is 4.90 Å². The van der Waals surface area contributed by atoms with E-state index in [-0.39, 0.29) is 5.25 Å². The molecule has 12 heteroatoms. The van der Waals surface area contributed by atoms with Gasteiger partial charge in [0, 0.05) is 31.6 Å². The van der Waals surface area contributed by atoms with Gasteiger partial charge in [-0.2, -0.15) is 17.5 Å². The average molecular weight is 425 g/mol. The van der Waals surface area contributed by atoms with Gasteiger partial charge >= 0.3 is 12.1 Å². The first kappa shape index (κ1) is 21.1. The van der Waals surface area contributed by atoms with Gasteiger partial charge in [0.2, 0.25) is 10.0 Å². The van der Waals surface area contributed by atoms with Crippen LogP contribution in [0.4, 0.5) is 13.2 Å². The smallest absolute Gasteiger partial charge is 0.475 e. The van der Waals surface area contributed by atoms with Crippen LogP contribution in [-0.4, -0.2) is 64.9 Å². The van der Waals surface area contributed by atoms with Crippen molar-refractivity contribution in [3.63, 3.8) is 0 Å². The van der Waals surface area contributed by atoms with Crippen LogP contribution < -0.4 is 0 Å². The van der Waals surface area contributed by atoms with Gasteiger partial charge in [-0.05, 0) is 38.8 Å². The van der Waals surface area contributed by atoms with Crippen LogP contribution in [0, 0.1) is 0 Å². The number of fused-ring (bicyclic) bond motifs is 1. The summed E-state index contributed by atoms with van der Waals surface area (Å²) in [5.74, 6) is -1.88. The summed E-state index contributed by atoms with van der Waals surface area (Å²) in [5, 5.41) is 11.2. The lowest BCUT2D eigenvalue weighted by Crippen LogP contribution is -2.38. The summed E-state index contributed by atoms with van der Waals surface area (Å²) in [6, 6.07) is 0. The summed E-state index contributed by atoms with van der Waals surface area (Å²) in [6.07, 6.45) is -0.329. The van der Waals surface area contributed by atoms with Crippen LogP contribution in [0.5, 0.6) is 0 Å². The highest BCUT2D eigenvalue weighted by Crippen LogP contribution is 2.34. The van der Waals surface area contributed by atoms with Crippen molar-refractivity contribution in [3.05, 3.63) is 17.0 Å². The molecule has 0 unspecified atom stereocenters. The van der Waals surface area contributed by atoms with Crippen LogP contribution in [0.25, 0.3) is 0 Å². The van der Waals surface area contributed by atoms with Gasteiger partial charge in [0.05, 0.1) is 5.25 Å². The van der Waals surface area contributed by atoms with E-state index in [0.717, 1.165) is 49.5 Å². The summed E-state index contributed by atoms with van der Waals surface area (Å²) in [4.78, 5) is 11.3. The third-order valence-corrected chi connectivity index (χ3v) is 7.34. The lowest BCUT2D eigenvalue weighted by Gasteiger charge is -2.26. The fourth-order valence-electron chi connectivity index (χ4n) is 3.31. The Bertz CT molecular complexity index is 814. The van der Waals surface area contributed by atoms with Crippen LogP contribution in [0.3, 0.4) is 0 Å². The van der Waals surface area contributed by atoms with Crippen LogP contribution in [0.1, 0.15) is 42.7 Å². The molecule has 0 amide bonds. The molecule has 0 atom stereocenters. The molecule has 8 nitrogen and oxygen atoms in total. The Morgan fingerprint density at radius 2 is 1.82 bits per heavy atom. The predicted molar refractivity (Wildman–Crippen MR) is 90.8 cm³/mol. The molecule has 1 aromatic rings. The van der Waals surface area contributed by atoms with E-state index in [0.29, 0.717) is 19.5 Å². The van der Waals surface area contributed by atoms with Crippen molar-refractivity contribution in [1.82, 2.24) is 14.4 Å². The van der Waals surface area contributed by atoms with E-state index in [9.17, 15) is 21.6 Å². The van der Waals surface area contributed by atoms with Gasteiger partial charge in [-0.15, -0.1) is 0 Å². The molecular weight excluding hydrogens is 403 g/mol. The molecule has 2 aliphatic heterocycles. The Morgan fingerprint density at radius 3 is 2.36 bits per heavy atom. The Morgan fingerprint density at radius 1 is 1.21 bits per heavy atom. The molecule has 4 rings (SSSR count). The third kappa shape index (κ3) is 4.84. The highest BCUT2D eigenvalue weighted by molar-refractivity contribution is 7.90. The molecule has 1 N–H and O–H groups in total. The first-order valence-electron chi connectivity index (χ1n) is 9.06. The van der Waals surface area contributed by atoms with Gasteiger partial charge < -0.3 is 9.63 Å². The number of hydrogen-bond donors (Lipinski definition) is 1. The minimum Gasteiger partial charge on any atom is -0.475 e. The van der Waals surface area contributed by atoms with E-state index in [2.05, 4.69) is 10.1 Å². The molecule has 0 bridgehead atoms. The number of carbonyl (C=O) groups is 1. The van der Waals surface area contributed by atoms with Crippen molar-refractivity contribution in [2.75, 3.05) is 19.6 Å². The lowest BCUT2D eigenvalue weighted by atomic mass is 10.1. The number of aromatic nitrogens is 1. The van der Waals surface area contributed by atoms with Crippen molar-refractivity contribution < 1.29 is 36.0 Å². The Labute approximate surface area is 160 Å². The number of halogens is 3. The van der Waals surface area contributed by atoms with Crippen LogP contribution in [-0.2, 0) is 34.3 Å². The molecule has 2 fully saturated rings. The molecule has 1 saturated carbocycles. The second kappa shape index (κ2) is 7.99. The number of carboxylic acid groups (broad SMARTS) is 1. The zero-order valence-electron chi connectivity index (χ0n) is 15.1. The van der Waals surface area contributed by atoms with Gasteiger partial charge in [0.1, 0.15) is 11.5 Å². The Kier molecular flexibility index (Phi) is 6.01. The Balaban J connectivity index is 0.000000279. The van der Waals surface area contributed by atoms with Crippen molar-refractivity contribution in [2.45, 2.75) is 56.6 Å². The largest absolute Gasteiger partial charge is 0.490 e. The fourth-order valence-corrected chi connectivity index (χ4v) is 5.12. The molecule has 158 valence electrons. The molecule has 0 aromatic carbocycles. The minimum atomic E-state index is -5.08. The highest BCUT2D eigenvalue weighted by atomic mass is 32.2. The second-order valence-electron chi connectivity index (χ2n) is 7.15. The Hall–Kier alpha value is -1.66. The number of nitrogens with zero attached hydrogens (tertiary/aromatic N) is 3. The number of hydrogen-bond acceptors (Lipinski definition) is 6. The molecule has 28 heavy (non-hydrogen) atoms. The maximum Gasteiger partial charge on any atom is 0.490 e. The van der Waals surface area contributed by atoms with Crippen LogP contribution in [0.2, 0.25) is 0 Å². The zero-order chi connectivity index (χ0) is 20.5. The fraction of sp³-hybridized carbons (Fsp3) is 0.750. The van der Waals surface area contributed by atoms with Crippen LogP contribution in [0.15, 0.2) is 4.52 Å². The molecule has 0 radical (unpaired) electrons. The van der Waals surface area contributed by atoms with E-state index >= 15 is 0 Å². The SMILES string of the molecule is O=C(O)C(F)(F)F.O=S(=O)(C1CC1)N1CCc2onc(CN3CCCC3)c2C1. The topological polar surface area (TPSA) is 104 Å². The molecule has 0 spiro atoms. The maximum atomic E-state index is 12.4. The van der Waals surface area contributed by atoms with Crippen LogP contribution >= 0.6 is 0 Å². The molecule has 1 aromatic heterocycles. The monoisotopic (exact) mass is 425 g/mol. The first-order chi connectivity index (χ1) is 13.1. The van der Waals surface area contributed by atoms with E-state index < -0.39 is 22.2 Å². The normalized spacial score (nSPS) is 21.1. The molecule has 1 aliphatic carbocycles. The molecule has 1 saturated heterocycles. The summed E-state index contributed by atoms with van der Waals surface area (Å²) in [5.41, 5.74) is 1.94. The van der Waals surface area contributed by atoms with Crippen molar-refractivity contribution >= 4 is 16.0 Å². The maximum absolute atomic E-state index is 12.4. The van der Waals surface area contributed by atoms with Gasteiger partial charge in [-0.1, -0.05) is 5.16 Å². The minimum absolute atomic E-state index is 0.138. The van der Waals surface area contributed by atoms with Crippen molar-refractivity contribution in [2.24, 2.45) is 0 Å². The molecule has 3 heterocycles. The van der Waals surface area contributed by atoms with Crippen molar-refractivity contribution in [1.29, 1.82) is 0 Å². The summed E-state index contributed by atoms with van der Waals surface area (Å²) >= 11 is 0. The van der Waals surface area contributed by atoms with E-state index in [4.69, 9.17) is 14.4 Å².